The summed E-state index contributed by atoms with van der Waals surface area (Å²) in [5.74, 6) is 1.13. The van der Waals surface area contributed by atoms with Crippen LogP contribution in [0.1, 0.15) is 5.69 Å². The first-order valence-electron chi connectivity index (χ1n) is 5.89. The Balaban J connectivity index is 2.04. The average molecular weight is 339 g/mol. The number of halogens is 1. The number of aliphatic carboxylic acids is 1. The predicted molar refractivity (Wildman–Crippen MR) is 73.8 cm³/mol. The summed E-state index contributed by atoms with van der Waals surface area (Å²) in [7, 11) is 1.82. The number of imidazole rings is 1. The molecule has 0 bridgehead atoms. The smallest absolute Gasteiger partial charge is 0.309 e. The molecule has 20 heavy (non-hydrogen) atoms. The monoisotopic (exact) mass is 338 g/mol. The molecule has 1 aromatic heterocycles. The molecular weight excluding hydrogens is 328 g/mol. The summed E-state index contributed by atoms with van der Waals surface area (Å²) < 4.78 is 13.1. The van der Waals surface area contributed by atoms with E-state index in [9.17, 15) is 4.79 Å². The Kier molecular flexibility index (Phi) is 3.13. The van der Waals surface area contributed by atoms with Gasteiger partial charge in [0.2, 0.25) is 6.79 Å². The summed E-state index contributed by atoms with van der Waals surface area (Å²) in [5.41, 5.74) is 1.33. The van der Waals surface area contributed by atoms with Crippen LogP contribution in [-0.2, 0) is 18.3 Å². The second-order valence-electron chi connectivity index (χ2n) is 4.37. The van der Waals surface area contributed by atoms with Crippen LogP contribution >= 0.6 is 15.9 Å². The lowest BCUT2D eigenvalue weighted by Crippen LogP contribution is -2.01. The summed E-state index contributed by atoms with van der Waals surface area (Å²) >= 11 is 3.37. The largest absolute Gasteiger partial charge is 0.481 e. The first-order valence-corrected chi connectivity index (χ1v) is 6.68. The highest BCUT2D eigenvalue weighted by Crippen LogP contribution is 2.36. The van der Waals surface area contributed by atoms with Crippen molar-refractivity contribution in [2.24, 2.45) is 7.05 Å². The number of carboxylic acids is 1. The van der Waals surface area contributed by atoms with Gasteiger partial charge in [-0.15, -0.1) is 0 Å². The molecule has 0 unspecified atom stereocenters. The number of fused-ring (bicyclic) bond motifs is 1. The van der Waals surface area contributed by atoms with Gasteiger partial charge in [0, 0.05) is 12.6 Å². The Hall–Kier alpha value is -2.02. The lowest BCUT2D eigenvalue weighted by atomic mass is 10.2. The summed E-state index contributed by atoms with van der Waals surface area (Å²) in [6.07, 6.45) is -0.126. The van der Waals surface area contributed by atoms with E-state index in [2.05, 4.69) is 20.9 Å². The van der Waals surface area contributed by atoms with Crippen molar-refractivity contribution in [3.8, 4) is 22.9 Å². The Morgan fingerprint density at radius 3 is 2.95 bits per heavy atom. The van der Waals surface area contributed by atoms with E-state index in [0.29, 0.717) is 27.6 Å². The number of carboxylic acid groups (broad SMARTS) is 1. The van der Waals surface area contributed by atoms with Gasteiger partial charge in [0.25, 0.3) is 0 Å². The van der Waals surface area contributed by atoms with Crippen molar-refractivity contribution in [3.63, 3.8) is 0 Å². The van der Waals surface area contributed by atoms with Crippen LogP contribution in [0.2, 0.25) is 0 Å². The van der Waals surface area contributed by atoms with Gasteiger partial charge in [-0.05, 0) is 34.1 Å². The van der Waals surface area contributed by atoms with Crippen molar-refractivity contribution >= 4 is 21.9 Å². The summed E-state index contributed by atoms with van der Waals surface area (Å²) in [6.45, 7) is 0.216. The molecule has 0 amide bonds. The zero-order valence-corrected chi connectivity index (χ0v) is 12.2. The molecule has 0 spiro atoms. The van der Waals surface area contributed by atoms with E-state index in [4.69, 9.17) is 14.6 Å². The average Bonchev–Trinajstić information content (AvgIpc) is 2.97. The molecule has 2 heterocycles. The van der Waals surface area contributed by atoms with Gasteiger partial charge in [-0.25, -0.2) is 4.98 Å². The molecule has 1 aliphatic heterocycles. The maximum absolute atomic E-state index is 10.8. The zero-order chi connectivity index (χ0) is 14.3. The molecule has 0 aliphatic carbocycles. The van der Waals surface area contributed by atoms with Gasteiger partial charge < -0.3 is 19.1 Å². The molecule has 0 atom stereocenters. The van der Waals surface area contributed by atoms with Crippen molar-refractivity contribution < 1.29 is 19.4 Å². The molecule has 0 saturated heterocycles. The fourth-order valence-corrected chi connectivity index (χ4v) is 2.48. The molecule has 7 heteroatoms. The molecule has 6 nitrogen and oxygen atoms in total. The van der Waals surface area contributed by atoms with Crippen LogP contribution < -0.4 is 9.47 Å². The van der Waals surface area contributed by atoms with E-state index in [0.717, 1.165) is 5.56 Å². The summed E-state index contributed by atoms with van der Waals surface area (Å²) in [5, 5.41) is 8.88. The third-order valence-corrected chi connectivity index (χ3v) is 4.03. The van der Waals surface area contributed by atoms with Crippen molar-refractivity contribution in [2.45, 2.75) is 6.42 Å². The highest BCUT2D eigenvalue weighted by Gasteiger charge is 2.19. The summed E-state index contributed by atoms with van der Waals surface area (Å²) in [6, 6.07) is 5.52. The van der Waals surface area contributed by atoms with Gasteiger partial charge >= 0.3 is 5.97 Å². The van der Waals surface area contributed by atoms with Crippen LogP contribution in [0.15, 0.2) is 22.8 Å². The van der Waals surface area contributed by atoms with Crippen LogP contribution in [0.5, 0.6) is 11.5 Å². The van der Waals surface area contributed by atoms with E-state index in [1.54, 1.807) is 4.57 Å². The SMILES string of the molecule is Cn1c(-c2ccc3c(c2)OCO3)nc(CC(=O)O)c1Br. The third kappa shape index (κ3) is 2.14. The topological polar surface area (TPSA) is 73.6 Å². The van der Waals surface area contributed by atoms with Gasteiger partial charge in [0.1, 0.15) is 10.4 Å². The predicted octanol–water partition coefficient (Wildman–Crippen LogP) is 2.21. The number of hydrogen-bond donors (Lipinski definition) is 1. The quantitative estimate of drug-likeness (QED) is 0.928. The molecule has 104 valence electrons. The Bertz CT molecular complexity index is 696. The van der Waals surface area contributed by atoms with E-state index in [-0.39, 0.29) is 13.2 Å². The molecule has 0 radical (unpaired) electrons. The fraction of sp³-hybridized carbons (Fsp3) is 0.231. The molecule has 1 aliphatic rings. The Morgan fingerprint density at radius 2 is 2.20 bits per heavy atom. The molecule has 0 fully saturated rings. The van der Waals surface area contributed by atoms with Crippen molar-refractivity contribution in [1.29, 1.82) is 0 Å². The van der Waals surface area contributed by atoms with Crippen LogP contribution in [-0.4, -0.2) is 27.4 Å². The fourth-order valence-electron chi connectivity index (χ4n) is 2.09. The maximum Gasteiger partial charge on any atom is 0.309 e. The standard InChI is InChI=1S/C13H11BrN2O4/c1-16-12(14)8(5-11(17)18)15-13(16)7-2-3-9-10(4-7)20-6-19-9/h2-4H,5-6H2,1H3,(H,17,18). The lowest BCUT2D eigenvalue weighted by Gasteiger charge is -2.03. The number of rotatable bonds is 3. The van der Waals surface area contributed by atoms with Gasteiger partial charge in [0.05, 0.1) is 12.1 Å². The van der Waals surface area contributed by atoms with Crippen molar-refractivity contribution in [1.82, 2.24) is 9.55 Å². The van der Waals surface area contributed by atoms with Crippen LogP contribution in [0.3, 0.4) is 0 Å². The first-order chi connectivity index (χ1) is 9.56. The van der Waals surface area contributed by atoms with Gasteiger partial charge in [-0.2, -0.15) is 0 Å². The third-order valence-electron chi connectivity index (χ3n) is 3.04. The van der Waals surface area contributed by atoms with Crippen LogP contribution in [0, 0.1) is 0 Å². The maximum atomic E-state index is 10.8. The van der Waals surface area contributed by atoms with E-state index in [1.807, 2.05) is 25.2 Å². The van der Waals surface area contributed by atoms with Gasteiger partial charge in [0.15, 0.2) is 11.5 Å². The minimum Gasteiger partial charge on any atom is -0.481 e. The molecule has 1 aromatic carbocycles. The highest BCUT2D eigenvalue weighted by atomic mass is 79.9. The van der Waals surface area contributed by atoms with E-state index in [1.165, 1.54) is 0 Å². The van der Waals surface area contributed by atoms with Crippen LogP contribution in [0.25, 0.3) is 11.4 Å². The lowest BCUT2D eigenvalue weighted by molar-refractivity contribution is -0.136. The number of hydrogen-bond acceptors (Lipinski definition) is 4. The first kappa shape index (κ1) is 13.0. The van der Waals surface area contributed by atoms with Crippen molar-refractivity contribution in [3.05, 3.63) is 28.5 Å². The second kappa shape index (κ2) is 4.82. The van der Waals surface area contributed by atoms with Crippen LogP contribution in [0.4, 0.5) is 0 Å². The minimum atomic E-state index is -0.916. The summed E-state index contributed by atoms with van der Waals surface area (Å²) in [4.78, 5) is 15.2. The van der Waals surface area contributed by atoms with Crippen molar-refractivity contribution in [2.75, 3.05) is 6.79 Å². The zero-order valence-electron chi connectivity index (χ0n) is 10.6. The van der Waals surface area contributed by atoms with Gasteiger partial charge in [-0.1, -0.05) is 0 Å². The Labute approximate surface area is 123 Å². The molecule has 2 aromatic rings. The number of ether oxygens (including phenoxy) is 2. The molecule has 1 N–H and O–H groups in total. The van der Waals surface area contributed by atoms with E-state index < -0.39 is 5.97 Å². The van der Waals surface area contributed by atoms with E-state index >= 15 is 0 Å². The molecule has 0 saturated carbocycles. The van der Waals surface area contributed by atoms with Gasteiger partial charge in [-0.3, -0.25) is 4.79 Å². The number of benzene rings is 1. The normalized spacial score (nSPS) is 12.7. The number of aromatic nitrogens is 2. The second-order valence-corrected chi connectivity index (χ2v) is 5.12. The Morgan fingerprint density at radius 1 is 1.45 bits per heavy atom. The minimum absolute atomic E-state index is 0.126. The number of carbonyl (C=O) groups is 1. The molecule has 3 rings (SSSR count). The highest BCUT2D eigenvalue weighted by molar-refractivity contribution is 9.10. The number of nitrogens with zero attached hydrogens (tertiary/aromatic N) is 2. The molecular formula is C13H11BrN2O4.